The highest BCUT2D eigenvalue weighted by Crippen LogP contribution is 2.34. The molecule has 1 aliphatic rings. The zero-order valence-corrected chi connectivity index (χ0v) is 21.9. The molecule has 18 heteroatoms. The fraction of sp³-hybridized carbons (Fsp3) is 0.455. The van der Waals surface area contributed by atoms with E-state index in [4.69, 9.17) is 9.37 Å². The average Bonchev–Trinajstić information content (AvgIpc) is 3.44. The van der Waals surface area contributed by atoms with Crippen molar-refractivity contribution in [2.24, 2.45) is 0 Å². The van der Waals surface area contributed by atoms with Crippen LogP contribution in [0.2, 0.25) is 0 Å². The standard InChI is InChI=1S/C22H22F4N6O7S/c1-20(2,3)37-18(34)31-9-21(36,10-31)17(33)27-6-7-40-16-14(28-39-30-16)15-29-38-19(35)32(15)11-4-5-13(23)12(8-11)22(24,25)26/h4-5,8,36H,6-7,9-10H2,1-3H3,(H,27,33). The molecule has 4 rings (SSSR count). The molecule has 216 valence electrons. The van der Waals surface area contributed by atoms with Crippen LogP contribution in [0.3, 0.4) is 0 Å². The molecule has 0 bridgehead atoms. The van der Waals surface area contributed by atoms with Crippen molar-refractivity contribution >= 4 is 23.8 Å². The summed E-state index contributed by atoms with van der Waals surface area (Å²) in [4.78, 5) is 37.9. The zero-order valence-electron chi connectivity index (χ0n) is 21.1. The molecule has 3 aromatic rings. The first-order chi connectivity index (χ1) is 18.6. The number of benzene rings is 1. The van der Waals surface area contributed by atoms with Gasteiger partial charge in [0.25, 0.3) is 5.91 Å². The number of nitrogens with one attached hydrogen (secondary N) is 1. The molecule has 1 aromatic carbocycles. The molecule has 0 radical (unpaired) electrons. The number of ether oxygens (including phenoxy) is 1. The Morgan fingerprint density at radius 1 is 1.20 bits per heavy atom. The Labute approximate surface area is 226 Å². The van der Waals surface area contributed by atoms with Crippen LogP contribution in [0.5, 0.6) is 0 Å². The lowest BCUT2D eigenvalue weighted by atomic mass is 9.93. The molecule has 40 heavy (non-hydrogen) atoms. The molecular formula is C22H22F4N6O7S. The minimum atomic E-state index is -5.03. The van der Waals surface area contributed by atoms with Crippen LogP contribution in [0.15, 0.2) is 37.2 Å². The predicted molar refractivity (Wildman–Crippen MR) is 127 cm³/mol. The van der Waals surface area contributed by atoms with Gasteiger partial charge in [0.05, 0.1) is 24.3 Å². The van der Waals surface area contributed by atoms with Gasteiger partial charge in [-0.1, -0.05) is 16.9 Å². The Bertz CT molecular complexity index is 1470. The molecule has 2 aromatic heterocycles. The second kappa shape index (κ2) is 10.6. The first-order valence-corrected chi connectivity index (χ1v) is 12.5. The van der Waals surface area contributed by atoms with Crippen LogP contribution in [0.1, 0.15) is 26.3 Å². The lowest BCUT2D eigenvalue weighted by Crippen LogP contribution is -2.70. The molecule has 0 aliphatic carbocycles. The van der Waals surface area contributed by atoms with Crippen molar-refractivity contribution in [3.8, 4) is 17.2 Å². The van der Waals surface area contributed by atoms with Gasteiger partial charge in [-0.2, -0.15) is 13.2 Å². The number of thioether (sulfide) groups is 1. The largest absolute Gasteiger partial charge is 0.446 e. The maximum absolute atomic E-state index is 13.7. The van der Waals surface area contributed by atoms with Crippen molar-refractivity contribution < 1.29 is 46.1 Å². The van der Waals surface area contributed by atoms with Gasteiger partial charge in [-0.25, -0.2) is 23.2 Å². The van der Waals surface area contributed by atoms with Gasteiger partial charge < -0.3 is 20.1 Å². The van der Waals surface area contributed by atoms with E-state index >= 15 is 0 Å². The van der Waals surface area contributed by atoms with Crippen LogP contribution in [0, 0.1) is 5.82 Å². The van der Waals surface area contributed by atoms with Crippen LogP contribution < -0.4 is 11.1 Å². The normalized spacial score (nSPS) is 15.1. The lowest BCUT2D eigenvalue weighted by molar-refractivity contribution is -0.157. The molecule has 1 aliphatic heterocycles. The van der Waals surface area contributed by atoms with Crippen molar-refractivity contribution in [2.45, 2.75) is 43.2 Å². The third-order valence-corrected chi connectivity index (χ3v) is 6.34. The highest BCUT2D eigenvalue weighted by atomic mass is 32.2. The van der Waals surface area contributed by atoms with E-state index in [-0.39, 0.29) is 41.9 Å². The maximum atomic E-state index is 13.7. The Kier molecular flexibility index (Phi) is 7.68. The number of rotatable bonds is 7. The molecule has 0 saturated carbocycles. The van der Waals surface area contributed by atoms with Gasteiger partial charge in [0.2, 0.25) is 5.82 Å². The maximum Gasteiger partial charge on any atom is 0.446 e. The Morgan fingerprint density at radius 3 is 2.55 bits per heavy atom. The summed E-state index contributed by atoms with van der Waals surface area (Å²) in [6.07, 6.45) is -5.68. The van der Waals surface area contributed by atoms with Gasteiger partial charge in [-0.15, -0.1) is 0 Å². The van der Waals surface area contributed by atoms with E-state index in [0.29, 0.717) is 16.7 Å². The number of hydrogen-bond acceptors (Lipinski definition) is 11. The summed E-state index contributed by atoms with van der Waals surface area (Å²) in [5, 5.41) is 23.9. The first kappa shape index (κ1) is 29.1. The molecule has 1 fully saturated rings. The first-order valence-electron chi connectivity index (χ1n) is 11.5. The summed E-state index contributed by atoms with van der Waals surface area (Å²) in [6, 6.07) is 1.89. The van der Waals surface area contributed by atoms with E-state index in [9.17, 15) is 37.1 Å². The molecular weight excluding hydrogens is 568 g/mol. The Hall–Kier alpha value is -3.93. The summed E-state index contributed by atoms with van der Waals surface area (Å²) in [5.41, 5.74) is -4.68. The minimum absolute atomic E-state index is 0.0169. The van der Waals surface area contributed by atoms with Crippen molar-refractivity contribution in [2.75, 3.05) is 25.4 Å². The molecule has 3 heterocycles. The van der Waals surface area contributed by atoms with Crippen LogP contribution in [-0.4, -0.2) is 78.6 Å². The topological polar surface area (TPSA) is 166 Å². The fourth-order valence-electron chi connectivity index (χ4n) is 3.57. The summed E-state index contributed by atoms with van der Waals surface area (Å²) in [5.74, 6) is -3.63. The van der Waals surface area contributed by atoms with Gasteiger partial charge in [-0.05, 0) is 49.3 Å². The molecule has 2 N–H and O–H groups in total. The monoisotopic (exact) mass is 590 g/mol. The van der Waals surface area contributed by atoms with Crippen molar-refractivity contribution in [3.63, 3.8) is 0 Å². The number of likely N-dealkylation sites (tertiary alicyclic amines) is 1. The number of carbonyl (C=O) groups excluding carboxylic acids is 2. The molecule has 2 amide bonds. The Morgan fingerprint density at radius 2 is 1.90 bits per heavy atom. The number of β-amino-alcohol motifs (C(OH)–C–C–N with tert-alkyl or cyclic N) is 1. The zero-order chi connectivity index (χ0) is 29.5. The van der Waals surface area contributed by atoms with Gasteiger partial charge in [0.1, 0.15) is 11.4 Å². The number of aliphatic hydroxyl groups is 1. The van der Waals surface area contributed by atoms with Crippen LogP contribution in [0.4, 0.5) is 22.4 Å². The molecule has 0 unspecified atom stereocenters. The summed E-state index contributed by atoms with van der Waals surface area (Å²) >= 11 is 0.976. The summed E-state index contributed by atoms with van der Waals surface area (Å²) in [7, 11) is 0. The minimum Gasteiger partial charge on any atom is -0.444 e. The number of alkyl halides is 3. The van der Waals surface area contributed by atoms with Gasteiger partial charge in [-0.3, -0.25) is 9.32 Å². The third kappa shape index (κ3) is 6.11. The molecule has 0 atom stereocenters. The molecule has 0 spiro atoms. The van der Waals surface area contributed by atoms with Gasteiger partial charge in [0, 0.05) is 12.3 Å². The van der Waals surface area contributed by atoms with Crippen molar-refractivity contribution in [3.05, 3.63) is 40.1 Å². The number of carbonyl (C=O) groups is 2. The number of amides is 2. The SMILES string of the molecule is CC(C)(C)OC(=O)N1CC(O)(C(=O)NCCSc2nonc2-c2noc(=O)n2-c2ccc(F)c(C(F)(F)F)c2)C1. The van der Waals surface area contributed by atoms with E-state index in [1.165, 1.54) is 4.90 Å². The van der Waals surface area contributed by atoms with Crippen LogP contribution >= 0.6 is 11.8 Å². The quantitative estimate of drug-likeness (QED) is 0.235. The Balaban J connectivity index is 1.39. The smallest absolute Gasteiger partial charge is 0.444 e. The van der Waals surface area contributed by atoms with E-state index in [0.717, 1.165) is 17.8 Å². The number of aromatic nitrogens is 4. The molecule has 13 nitrogen and oxygen atoms in total. The van der Waals surface area contributed by atoms with E-state index in [1.807, 2.05) is 0 Å². The van der Waals surface area contributed by atoms with Gasteiger partial charge >= 0.3 is 18.0 Å². The second-order valence-electron chi connectivity index (χ2n) is 9.66. The fourth-order valence-corrected chi connectivity index (χ4v) is 4.32. The van der Waals surface area contributed by atoms with E-state index in [2.05, 4.69) is 25.3 Å². The summed E-state index contributed by atoms with van der Waals surface area (Å²) in [6.45, 7) is 4.58. The van der Waals surface area contributed by atoms with Crippen LogP contribution in [-0.2, 0) is 15.7 Å². The van der Waals surface area contributed by atoms with Crippen LogP contribution in [0.25, 0.3) is 17.2 Å². The average molecular weight is 591 g/mol. The molecule has 1 saturated heterocycles. The number of halogens is 4. The highest BCUT2D eigenvalue weighted by molar-refractivity contribution is 7.99. The van der Waals surface area contributed by atoms with E-state index in [1.54, 1.807) is 20.8 Å². The highest BCUT2D eigenvalue weighted by Gasteiger charge is 2.50. The number of nitrogens with zero attached hydrogens (tertiary/aromatic N) is 5. The van der Waals surface area contributed by atoms with Crippen molar-refractivity contribution in [1.82, 2.24) is 30.3 Å². The van der Waals surface area contributed by atoms with E-state index < -0.39 is 52.2 Å². The lowest BCUT2D eigenvalue weighted by Gasteiger charge is -2.44. The summed E-state index contributed by atoms with van der Waals surface area (Å²) < 4.78 is 68.4. The number of hydrogen-bond donors (Lipinski definition) is 2. The van der Waals surface area contributed by atoms with Crippen molar-refractivity contribution in [1.29, 1.82) is 0 Å². The predicted octanol–water partition coefficient (Wildman–Crippen LogP) is 2.22. The third-order valence-electron chi connectivity index (χ3n) is 5.39. The van der Waals surface area contributed by atoms with Gasteiger partial charge in [0.15, 0.2) is 16.3 Å². The second-order valence-corrected chi connectivity index (χ2v) is 10.7.